The molecule has 130 valence electrons. The van der Waals surface area contributed by atoms with Crippen LogP contribution in [0.3, 0.4) is 0 Å². The molecule has 23 heavy (non-hydrogen) atoms. The van der Waals surface area contributed by atoms with Crippen LogP contribution >= 0.6 is 0 Å². The monoisotopic (exact) mass is 327 g/mol. The molecule has 0 aromatic heterocycles. The van der Waals surface area contributed by atoms with Crippen molar-refractivity contribution in [2.24, 2.45) is 0 Å². The van der Waals surface area contributed by atoms with Crippen LogP contribution in [0.1, 0.15) is 5.56 Å². The summed E-state index contributed by atoms with van der Waals surface area (Å²) in [5, 5.41) is 11.5. The number of nitrogens with zero attached hydrogens (tertiary/aromatic N) is 1. The molecule has 1 aliphatic heterocycles. The molecule has 1 saturated heterocycles. The lowest BCUT2D eigenvalue weighted by Gasteiger charge is -2.22. The Labute approximate surface area is 136 Å². The standard InChI is InChI=1S/C16H25NO6/c18-16-4-2-1-3-15(16)13-17-14-22-10-9-20-6-5-19-7-8-21-11-12-23-17/h1-4,18H,5-14H2. The van der Waals surface area contributed by atoms with Crippen molar-refractivity contribution >= 4 is 0 Å². The van der Waals surface area contributed by atoms with E-state index in [1.807, 2.05) is 12.1 Å². The third kappa shape index (κ3) is 7.74. The van der Waals surface area contributed by atoms with Gasteiger partial charge in [-0.1, -0.05) is 18.2 Å². The first kappa shape index (κ1) is 18.1. The van der Waals surface area contributed by atoms with E-state index in [0.29, 0.717) is 59.4 Å². The number of phenols is 1. The van der Waals surface area contributed by atoms with E-state index in [1.54, 1.807) is 17.2 Å². The molecule has 1 aromatic carbocycles. The first-order valence-electron chi connectivity index (χ1n) is 7.82. The van der Waals surface area contributed by atoms with Crippen LogP contribution in [0.5, 0.6) is 5.75 Å². The summed E-state index contributed by atoms with van der Waals surface area (Å²) >= 11 is 0. The highest BCUT2D eigenvalue weighted by molar-refractivity contribution is 5.31. The van der Waals surface area contributed by atoms with E-state index in [1.165, 1.54) is 0 Å². The van der Waals surface area contributed by atoms with Crippen molar-refractivity contribution < 1.29 is 28.9 Å². The molecule has 2 rings (SSSR count). The fourth-order valence-corrected chi connectivity index (χ4v) is 2.01. The molecule has 1 fully saturated rings. The minimum absolute atomic E-state index is 0.240. The highest BCUT2D eigenvalue weighted by atomic mass is 16.7. The maximum absolute atomic E-state index is 9.87. The SMILES string of the molecule is Oc1ccccc1CN1COCCOCCOCCOCCO1. The van der Waals surface area contributed by atoms with Crippen molar-refractivity contribution in [3.63, 3.8) is 0 Å². The van der Waals surface area contributed by atoms with Gasteiger partial charge in [0, 0.05) is 5.56 Å². The van der Waals surface area contributed by atoms with Gasteiger partial charge in [0.15, 0.2) is 0 Å². The van der Waals surface area contributed by atoms with Gasteiger partial charge in [-0.3, -0.25) is 4.84 Å². The molecule has 1 heterocycles. The normalized spacial score (nSPS) is 20.5. The highest BCUT2D eigenvalue weighted by Crippen LogP contribution is 2.17. The summed E-state index contributed by atoms with van der Waals surface area (Å²) in [6.07, 6.45) is 0. The van der Waals surface area contributed by atoms with Gasteiger partial charge in [0.05, 0.1) is 59.4 Å². The molecule has 1 N–H and O–H groups in total. The molecule has 0 spiro atoms. The lowest BCUT2D eigenvalue weighted by Crippen LogP contribution is -2.29. The Hall–Kier alpha value is -1.22. The number of phenolic OH excluding ortho intramolecular Hbond substituents is 1. The smallest absolute Gasteiger partial charge is 0.122 e. The Bertz CT molecular complexity index is 415. The van der Waals surface area contributed by atoms with Crippen molar-refractivity contribution in [3.05, 3.63) is 29.8 Å². The Kier molecular flexibility index (Phi) is 8.93. The van der Waals surface area contributed by atoms with Crippen molar-refractivity contribution in [1.29, 1.82) is 0 Å². The Morgan fingerprint density at radius 2 is 1.35 bits per heavy atom. The third-order valence-corrected chi connectivity index (χ3v) is 3.19. The highest BCUT2D eigenvalue weighted by Gasteiger charge is 2.10. The number of benzene rings is 1. The van der Waals surface area contributed by atoms with E-state index in [9.17, 15) is 5.11 Å². The van der Waals surface area contributed by atoms with E-state index >= 15 is 0 Å². The fourth-order valence-electron chi connectivity index (χ4n) is 2.01. The summed E-state index contributed by atoms with van der Waals surface area (Å²) in [4.78, 5) is 5.67. The van der Waals surface area contributed by atoms with Crippen molar-refractivity contribution in [2.75, 3.05) is 59.6 Å². The average molecular weight is 327 g/mol. The molecule has 0 atom stereocenters. The quantitative estimate of drug-likeness (QED) is 0.874. The van der Waals surface area contributed by atoms with Gasteiger partial charge in [0.1, 0.15) is 12.5 Å². The first-order valence-corrected chi connectivity index (χ1v) is 7.82. The number of hydrogen-bond acceptors (Lipinski definition) is 7. The minimum Gasteiger partial charge on any atom is -0.508 e. The third-order valence-electron chi connectivity index (χ3n) is 3.19. The van der Waals surface area contributed by atoms with Crippen LogP contribution in [0.4, 0.5) is 0 Å². The van der Waals surface area contributed by atoms with E-state index in [0.717, 1.165) is 5.56 Å². The molecular weight excluding hydrogens is 302 g/mol. The Morgan fingerprint density at radius 3 is 2.00 bits per heavy atom. The van der Waals surface area contributed by atoms with Gasteiger partial charge in [-0.15, -0.1) is 0 Å². The molecule has 0 amide bonds. The van der Waals surface area contributed by atoms with Gasteiger partial charge in [-0.25, -0.2) is 0 Å². The van der Waals surface area contributed by atoms with Gasteiger partial charge in [-0.2, -0.15) is 5.06 Å². The number of ether oxygens (including phenoxy) is 4. The predicted octanol–water partition coefficient (Wildman–Crippen LogP) is 1.16. The van der Waals surface area contributed by atoms with Gasteiger partial charge < -0.3 is 24.1 Å². The summed E-state index contributed by atoms with van der Waals surface area (Å²) in [5.74, 6) is 0.240. The van der Waals surface area contributed by atoms with E-state index in [2.05, 4.69) is 0 Å². The topological polar surface area (TPSA) is 69.6 Å². The molecule has 7 nitrogen and oxygen atoms in total. The molecule has 0 radical (unpaired) electrons. The van der Waals surface area contributed by atoms with Crippen LogP contribution in [0, 0.1) is 0 Å². The van der Waals surface area contributed by atoms with Gasteiger partial charge in [0.25, 0.3) is 0 Å². The van der Waals surface area contributed by atoms with E-state index in [4.69, 9.17) is 23.8 Å². The second-order valence-corrected chi connectivity index (χ2v) is 4.98. The Balaban J connectivity index is 1.83. The second kappa shape index (κ2) is 11.3. The lowest BCUT2D eigenvalue weighted by atomic mass is 10.2. The average Bonchev–Trinajstić information content (AvgIpc) is 2.57. The summed E-state index contributed by atoms with van der Waals surface area (Å²) in [7, 11) is 0. The van der Waals surface area contributed by atoms with E-state index in [-0.39, 0.29) is 12.5 Å². The summed E-state index contributed by atoms with van der Waals surface area (Å²) in [6, 6.07) is 7.17. The van der Waals surface area contributed by atoms with Crippen LogP contribution in [0.15, 0.2) is 24.3 Å². The van der Waals surface area contributed by atoms with Crippen molar-refractivity contribution in [1.82, 2.24) is 5.06 Å². The zero-order valence-electron chi connectivity index (χ0n) is 13.3. The van der Waals surface area contributed by atoms with Crippen LogP contribution in [-0.2, 0) is 30.3 Å². The number of hydroxylamine groups is 2. The maximum atomic E-state index is 9.87. The van der Waals surface area contributed by atoms with Crippen molar-refractivity contribution in [2.45, 2.75) is 6.54 Å². The molecule has 1 aromatic rings. The molecule has 7 heteroatoms. The molecule has 0 aliphatic carbocycles. The molecule has 0 bridgehead atoms. The fraction of sp³-hybridized carbons (Fsp3) is 0.625. The first-order chi connectivity index (χ1) is 11.4. The number of para-hydroxylation sites is 1. The van der Waals surface area contributed by atoms with Crippen LogP contribution in [0.2, 0.25) is 0 Å². The largest absolute Gasteiger partial charge is 0.508 e. The molecule has 1 aliphatic rings. The Morgan fingerprint density at radius 1 is 0.783 bits per heavy atom. The predicted molar refractivity (Wildman–Crippen MR) is 82.9 cm³/mol. The van der Waals surface area contributed by atoms with E-state index < -0.39 is 0 Å². The van der Waals surface area contributed by atoms with Crippen LogP contribution < -0.4 is 0 Å². The van der Waals surface area contributed by atoms with Crippen LogP contribution in [-0.4, -0.2) is 69.8 Å². The van der Waals surface area contributed by atoms with Crippen molar-refractivity contribution in [3.8, 4) is 5.75 Å². The summed E-state index contributed by atoms with van der Waals surface area (Å²) < 4.78 is 21.7. The number of aromatic hydroxyl groups is 1. The number of rotatable bonds is 2. The minimum atomic E-state index is 0.240. The lowest BCUT2D eigenvalue weighted by molar-refractivity contribution is -0.222. The molecular formula is C16H25NO6. The zero-order valence-corrected chi connectivity index (χ0v) is 13.3. The van der Waals surface area contributed by atoms with Gasteiger partial charge in [-0.05, 0) is 6.07 Å². The van der Waals surface area contributed by atoms with Crippen LogP contribution in [0.25, 0.3) is 0 Å². The molecule has 0 unspecified atom stereocenters. The van der Waals surface area contributed by atoms with Gasteiger partial charge >= 0.3 is 0 Å². The second-order valence-electron chi connectivity index (χ2n) is 4.98. The summed E-state index contributed by atoms with van der Waals surface area (Å²) in [6.45, 7) is 4.73. The molecule has 0 saturated carbocycles. The zero-order chi connectivity index (χ0) is 16.2. The maximum Gasteiger partial charge on any atom is 0.122 e. The number of hydrogen-bond donors (Lipinski definition) is 1. The van der Waals surface area contributed by atoms with Gasteiger partial charge in [0.2, 0.25) is 0 Å². The summed E-state index contributed by atoms with van der Waals surface area (Å²) in [5.41, 5.74) is 0.777.